The summed E-state index contributed by atoms with van der Waals surface area (Å²) in [7, 11) is 3.84. The van der Waals surface area contributed by atoms with Crippen molar-refractivity contribution >= 4 is 11.3 Å². The fraction of sp³-hybridized carbons (Fsp3) is 0.368. The first-order valence-electron chi connectivity index (χ1n) is 8.38. The molecule has 1 unspecified atom stereocenters. The molecule has 0 aliphatic carbocycles. The van der Waals surface area contributed by atoms with Crippen LogP contribution in [0.1, 0.15) is 30.8 Å². The fourth-order valence-corrected chi connectivity index (χ4v) is 3.43. The third-order valence-electron chi connectivity index (χ3n) is 4.36. The standard InChI is InChI=1S/C19H23N3O2S/c1-14(15-8-4-5-9-16(15)23-3)22(2)12-6-11-18-20-19(21-24-18)17-10-7-13-25-17/h4-5,7-10,13-14H,6,11-12H2,1-3H3. The Bertz CT molecular complexity index is 786. The number of nitrogens with zero attached hydrogens (tertiary/aromatic N) is 3. The molecule has 1 atom stereocenters. The molecule has 0 saturated carbocycles. The lowest BCUT2D eigenvalue weighted by atomic mass is 10.1. The summed E-state index contributed by atoms with van der Waals surface area (Å²) < 4.78 is 10.8. The second-order valence-electron chi connectivity index (χ2n) is 5.99. The number of rotatable bonds is 8. The van der Waals surface area contributed by atoms with Crippen LogP contribution in [0.4, 0.5) is 0 Å². The lowest BCUT2D eigenvalue weighted by Crippen LogP contribution is -2.24. The van der Waals surface area contributed by atoms with Crippen molar-refractivity contribution in [2.45, 2.75) is 25.8 Å². The highest BCUT2D eigenvalue weighted by atomic mass is 32.1. The number of ether oxygens (including phenoxy) is 1. The van der Waals surface area contributed by atoms with E-state index in [0.29, 0.717) is 11.7 Å². The van der Waals surface area contributed by atoms with Gasteiger partial charge in [0.15, 0.2) is 0 Å². The minimum Gasteiger partial charge on any atom is -0.496 e. The average molecular weight is 357 g/mol. The molecule has 5 nitrogen and oxygen atoms in total. The Balaban J connectivity index is 1.53. The van der Waals surface area contributed by atoms with Crippen molar-refractivity contribution in [2.75, 3.05) is 20.7 Å². The van der Waals surface area contributed by atoms with Crippen LogP contribution >= 0.6 is 11.3 Å². The van der Waals surface area contributed by atoms with Gasteiger partial charge in [-0.25, -0.2) is 0 Å². The van der Waals surface area contributed by atoms with E-state index in [9.17, 15) is 0 Å². The maximum atomic E-state index is 5.47. The van der Waals surface area contributed by atoms with Crippen molar-refractivity contribution < 1.29 is 9.26 Å². The molecular formula is C19H23N3O2S. The van der Waals surface area contributed by atoms with Gasteiger partial charge in [-0.2, -0.15) is 4.98 Å². The molecule has 0 spiro atoms. The third-order valence-corrected chi connectivity index (χ3v) is 5.23. The molecular weight excluding hydrogens is 334 g/mol. The topological polar surface area (TPSA) is 51.4 Å². The Morgan fingerprint density at radius 1 is 1.24 bits per heavy atom. The van der Waals surface area contributed by atoms with Crippen molar-refractivity contribution in [3.05, 3.63) is 53.2 Å². The SMILES string of the molecule is COc1ccccc1C(C)N(C)CCCc1nc(-c2cccs2)no1. The van der Waals surface area contributed by atoms with E-state index in [1.54, 1.807) is 18.4 Å². The molecule has 3 aromatic rings. The molecule has 0 aliphatic heterocycles. The second kappa shape index (κ2) is 8.27. The largest absolute Gasteiger partial charge is 0.496 e. The lowest BCUT2D eigenvalue weighted by Gasteiger charge is -2.26. The van der Waals surface area contributed by atoms with Gasteiger partial charge in [-0.15, -0.1) is 11.3 Å². The Morgan fingerprint density at radius 2 is 2.08 bits per heavy atom. The monoisotopic (exact) mass is 357 g/mol. The summed E-state index contributed by atoms with van der Waals surface area (Å²) in [4.78, 5) is 7.83. The molecule has 0 N–H and O–H groups in total. The zero-order valence-electron chi connectivity index (χ0n) is 14.8. The van der Waals surface area contributed by atoms with E-state index < -0.39 is 0 Å². The molecule has 0 radical (unpaired) electrons. The highest BCUT2D eigenvalue weighted by Gasteiger charge is 2.16. The van der Waals surface area contributed by atoms with Crippen LogP contribution in [0.2, 0.25) is 0 Å². The fourth-order valence-electron chi connectivity index (χ4n) is 2.78. The third kappa shape index (κ3) is 4.27. The Kier molecular flexibility index (Phi) is 5.83. The van der Waals surface area contributed by atoms with Crippen LogP contribution in [0, 0.1) is 0 Å². The molecule has 0 amide bonds. The van der Waals surface area contributed by atoms with Crippen LogP contribution in [0.5, 0.6) is 5.75 Å². The predicted octanol–water partition coefficient (Wildman–Crippen LogP) is 4.43. The van der Waals surface area contributed by atoms with Gasteiger partial charge in [-0.1, -0.05) is 29.4 Å². The second-order valence-corrected chi connectivity index (χ2v) is 6.94. The highest BCUT2D eigenvalue weighted by Crippen LogP contribution is 2.28. The van der Waals surface area contributed by atoms with E-state index in [4.69, 9.17) is 9.26 Å². The predicted molar refractivity (Wildman–Crippen MR) is 100.0 cm³/mol. The number of aryl methyl sites for hydroxylation is 1. The Hall–Kier alpha value is -2.18. The maximum Gasteiger partial charge on any atom is 0.227 e. The number of benzene rings is 1. The van der Waals surface area contributed by atoms with Crippen molar-refractivity contribution in [2.24, 2.45) is 0 Å². The quantitative estimate of drug-likeness (QED) is 0.597. The van der Waals surface area contributed by atoms with Crippen LogP contribution in [-0.2, 0) is 6.42 Å². The molecule has 3 rings (SSSR count). The van der Waals surface area contributed by atoms with Crippen LogP contribution in [-0.4, -0.2) is 35.7 Å². The molecule has 2 heterocycles. The normalized spacial score (nSPS) is 12.5. The van der Waals surface area contributed by atoms with Crippen molar-refractivity contribution in [3.8, 4) is 16.5 Å². The summed E-state index contributed by atoms with van der Waals surface area (Å²) in [5.74, 6) is 2.31. The van der Waals surface area contributed by atoms with Gasteiger partial charge in [0.25, 0.3) is 0 Å². The van der Waals surface area contributed by atoms with Crippen LogP contribution < -0.4 is 4.74 Å². The summed E-state index contributed by atoms with van der Waals surface area (Å²) in [6.45, 7) is 3.13. The van der Waals surface area contributed by atoms with E-state index in [2.05, 4.69) is 35.1 Å². The first kappa shape index (κ1) is 17.6. The number of thiophene rings is 1. The van der Waals surface area contributed by atoms with Gasteiger partial charge in [0.2, 0.25) is 11.7 Å². The number of aromatic nitrogens is 2. The van der Waals surface area contributed by atoms with Gasteiger partial charge >= 0.3 is 0 Å². The van der Waals surface area contributed by atoms with Gasteiger partial charge in [0.1, 0.15) is 5.75 Å². The van der Waals surface area contributed by atoms with Crippen LogP contribution in [0.25, 0.3) is 10.7 Å². The Labute approximate surface area is 152 Å². The zero-order chi connectivity index (χ0) is 17.6. The number of hydrogen-bond donors (Lipinski definition) is 0. The maximum absolute atomic E-state index is 5.47. The summed E-state index contributed by atoms with van der Waals surface area (Å²) in [6.07, 6.45) is 1.74. The molecule has 0 aliphatic rings. The smallest absolute Gasteiger partial charge is 0.227 e. The molecule has 25 heavy (non-hydrogen) atoms. The molecule has 0 fully saturated rings. The summed E-state index contributed by atoms with van der Waals surface area (Å²) in [5.41, 5.74) is 1.20. The van der Waals surface area contributed by atoms with Crippen LogP contribution in [0.15, 0.2) is 46.3 Å². The zero-order valence-corrected chi connectivity index (χ0v) is 15.6. The average Bonchev–Trinajstić information content (AvgIpc) is 3.32. The van der Waals surface area contributed by atoms with E-state index in [1.165, 1.54) is 5.56 Å². The van der Waals surface area contributed by atoms with Crippen molar-refractivity contribution in [1.29, 1.82) is 0 Å². The number of para-hydroxylation sites is 1. The lowest BCUT2D eigenvalue weighted by molar-refractivity contribution is 0.248. The minimum atomic E-state index is 0.278. The molecule has 2 aromatic heterocycles. The van der Waals surface area contributed by atoms with Gasteiger partial charge < -0.3 is 9.26 Å². The van der Waals surface area contributed by atoms with E-state index in [0.717, 1.165) is 30.0 Å². The number of methoxy groups -OCH3 is 1. The molecule has 0 bridgehead atoms. The van der Waals surface area contributed by atoms with Crippen LogP contribution in [0.3, 0.4) is 0 Å². The molecule has 1 aromatic carbocycles. The summed E-state index contributed by atoms with van der Waals surface area (Å²) in [6, 6.07) is 12.4. The van der Waals surface area contributed by atoms with E-state index in [1.807, 2.05) is 35.7 Å². The van der Waals surface area contributed by atoms with Gasteiger partial charge in [-0.3, -0.25) is 4.90 Å². The first-order valence-corrected chi connectivity index (χ1v) is 9.26. The van der Waals surface area contributed by atoms with E-state index >= 15 is 0 Å². The first-order chi connectivity index (χ1) is 12.2. The molecule has 132 valence electrons. The highest BCUT2D eigenvalue weighted by molar-refractivity contribution is 7.13. The Morgan fingerprint density at radius 3 is 2.84 bits per heavy atom. The van der Waals surface area contributed by atoms with Crippen molar-refractivity contribution in [1.82, 2.24) is 15.0 Å². The van der Waals surface area contributed by atoms with Gasteiger partial charge in [-0.05, 0) is 44.4 Å². The van der Waals surface area contributed by atoms with Crippen molar-refractivity contribution in [3.63, 3.8) is 0 Å². The summed E-state index contributed by atoms with van der Waals surface area (Å²) in [5, 5.41) is 6.07. The summed E-state index contributed by atoms with van der Waals surface area (Å²) >= 11 is 1.62. The van der Waals surface area contributed by atoms with Gasteiger partial charge in [0, 0.05) is 18.0 Å². The van der Waals surface area contributed by atoms with E-state index in [-0.39, 0.29) is 6.04 Å². The minimum absolute atomic E-state index is 0.278. The molecule has 6 heteroatoms. The number of hydrogen-bond acceptors (Lipinski definition) is 6. The van der Waals surface area contributed by atoms with Gasteiger partial charge in [0.05, 0.1) is 12.0 Å². The molecule has 0 saturated heterocycles.